The SMILES string of the molecule is CC1CCCC1N1CC[C@@H](NC(=O)c2cc(-c3ccc(F)cc3F)on2)[C@H](C(=O)N(C)C)C1. The number of likely N-dealkylation sites (tertiary alicyclic amines) is 1. The number of aromatic nitrogens is 1. The molecule has 2 aromatic rings. The summed E-state index contributed by atoms with van der Waals surface area (Å²) in [5.41, 5.74) is -0.000717. The topological polar surface area (TPSA) is 78.7 Å². The van der Waals surface area contributed by atoms with E-state index in [0.29, 0.717) is 24.9 Å². The zero-order valence-electron chi connectivity index (χ0n) is 19.2. The number of piperidine rings is 1. The van der Waals surface area contributed by atoms with Gasteiger partial charge in [-0.1, -0.05) is 18.5 Å². The van der Waals surface area contributed by atoms with Crippen molar-refractivity contribution in [3.63, 3.8) is 0 Å². The first-order chi connectivity index (χ1) is 15.7. The van der Waals surface area contributed by atoms with Gasteiger partial charge in [0.15, 0.2) is 11.5 Å². The number of benzene rings is 1. The van der Waals surface area contributed by atoms with E-state index < -0.39 is 17.5 Å². The van der Waals surface area contributed by atoms with Crippen molar-refractivity contribution in [3.8, 4) is 11.3 Å². The second kappa shape index (κ2) is 9.59. The Morgan fingerprint density at radius 3 is 2.64 bits per heavy atom. The Morgan fingerprint density at radius 2 is 1.97 bits per heavy atom. The fraction of sp³-hybridized carbons (Fsp3) is 0.542. The smallest absolute Gasteiger partial charge is 0.273 e. The molecule has 1 N–H and O–H groups in total. The highest BCUT2D eigenvalue weighted by Gasteiger charge is 2.40. The molecule has 1 aromatic heterocycles. The summed E-state index contributed by atoms with van der Waals surface area (Å²) < 4.78 is 32.4. The number of rotatable bonds is 5. The highest BCUT2D eigenvalue weighted by atomic mass is 19.1. The molecule has 1 aliphatic carbocycles. The molecule has 7 nitrogen and oxygen atoms in total. The molecule has 1 aromatic carbocycles. The maximum absolute atomic E-state index is 14.1. The van der Waals surface area contributed by atoms with Crippen LogP contribution in [0.25, 0.3) is 11.3 Å². The van der Waals surface area contributed by atoms with E-state index in [0.717, 1.165) is 25.1 Å². The predicted molar refractivity (Wildman–Crippen MR) is 118 cm³/mol. The molecule has 1 saturated heterocycles. The van der Waals surface area contributed by atoms with Gasteiger partial charge in [-0.2, -0.15) is 0 Å². The van der Waals surface area contributed by atoms with E-state index in [1.807, 2.05) is 0 Å². The summed E-state index contributed by atoms with van der Waals surface area (Å²) >= 11 is 0. The molecule has 2 amide bonds. The first-order valence-corrected chi connectivity index (χ1v) is 11.4. The Morgan fingerprint density at radius 1 is 1.18 bits per heavy atom. The second-order valence-corrected chi connectivity index (χ2v) is 9.38. The molecule has 9 heteroatoms. The van der Waals surface area contributed by atoms with E-state index >= 15 is 0 Å². The third kappa shape index (κ3) is 4.93. The van der Waals surface area contributed by atoms with E-state index in [4.69, 9.17) is 4.52 Å². The summed E-state index contributed by atoms with van der Waals surface area (Å²) in [6.07, 6.45) is 4.20. The van der Waals surface area contributed by atoms with Crippen LogP contribution in [0.1, 0.15) is 43.1 Å². The van der Waals surface area contributed by atoms with Gasteiger partial charge >= 0.3 is 0 Å². The standard InChI is InChI=1S/C24H30F2N4O3/c1-14-5-4-6-21(14)30-10-9-19(17(13-30)24(32)29(2)3)27-23(31)20-12-22(33-28-20)16-8-7-15(25)11-18(16)26/h7-8,11-12,14,17,19,21H,4-6,9-10,13H2,1-3H3,(H,27,31)/t14?,17-,19-,21?/m1/s1. The maximum atomic E-state index is 14.1. The molecule has 2 fully saturated rings. The normalized spacial score (nSPS) is 25.7. The zero-order chi connectivity index (χ0) is 23.7. The quantitative estimate of drug-likeness (QED) is 0.741. The van der Waals surface area contributed by atoms with Crippen LogP contribution in [0.4, 0.5) is 8.78 Å². The van der Waals surface area contributed by atoms with Gasteiger partial charge in [-0.05, 0) is 37.3 Å². The van der Waals surface area contributed by atoms with Gasteiger partial charge in [0.1, 0.15) is 11.6 Å². The fourth-order valence-corrected chi connectivity index (χ4v) is 5.14. The van der Waals surface area contributed by atoms with Gasteiger partial charge in [-0.15, -0.1) is 0 Å². The molecule has 2 unspecified atom stereocenters. The Balaban J connectivity index is 1.48. The number of hydrogen-bond donors (Lipinski definition) is 1. The minimum Gasteiger partial charge on any atom is -0.355 e. The molecule has 4 rings (SSSR count). The van der Waals surface area contributed by atoms with Gasteiger partial charge in [0.05, 0.1) is 11.5 Å². The van der Waals surface area contributed by atoms with Gasteiger partial charge in [0.25, 0.3) is 5.91 Å². The Labute approximate surface area is 192 Å². The minimum absolute atomic E-state index is 0.0163. The molecular formula is C24H30F2N4O3. The monoisotopic (exact) mass is 460 g/mol. The fourth-order valence-electron chi connectivity index (χ4n) is 5.14. The predicted octanol–water partition coefficient (Wildman–Crippen LogP) is 3.32. The molecule has 2 aliphatic rings. The Hall–Kier alpha value is -2.81. The number of hydrogen-bond acceptors (Lipinski definition) is 5. The van der Waals surface area contributed by atoms with E-state index in [2.05, 4.69) is 22.3 Å². The molecule has 0 radical (unpaired) electrons. The van der Waals surface area contributed by atoms with Crippen LogP contribution in [-0.2, 0) is 4.79 Å². The number of halogens is 2. The van der Waals surface area contributed by atoms with E-state index in [-0.39, 0.29) is 34.9 Å². The molecule has 178 valence electrons. The first kappa shape index (κ1) is 23.4. The summed E-state index contributed by atoms with van der Waals surface area (Å²) in [5, 5.41) is 6.70. The van der Waals surface area contributed by atoms with Crippen molar-refractivity contribution in [1.82, 2.24) is 20.3 Å². The summed E-state index contributed by atoms with van der Waals surface area (Å²) in [4.78, 5) is 29.8. The summed E-state index contributed by atoms with van der Waals surface area (Å²) in [7, 11) is 3.44. The lowest BCUT2D eigenvalue weighted by atomic mass is 9.88. The number of amides is 2. The Bertz CT molecular complexity index is 1020. The van der Waals surface area contributed by atoms with E-state index in [1.165, 1.54) is 25.0 Å². The third-order valence-electron chi connectivity index (χ3n) is 6.94. The van der Waals surface area contributed by atoms with Gasteiger partial charge in [0.2, 0.25) is 5.91 Å². The number of nitrogens with one attached hydrogen (secondary N) is 1. The van der Waals surface area contributed by atoms with Crippen LogP contribution in [0.3, 0.4) is 0 Å². The molecule has 0 spiro atoms. The van der Waals surface area contributed by atoms with Crippen LogP contribution >= 0.6 is 0 Å². The van der Waals surface area contributed by atoms with Gasteiger partial charge in [0, 0.05) is 51.4 Å². The molecule has 1 saturated carbocycles. The van der Waals surface area contributed by atoms with Crippen LogP contribution in [-0.4, -0.2) is 66.0 Å². The number of carbonyl (C=O) groups is 2. The summed E-state index contributed by atoms with van der Waals surface area (Å²) in [6.45, 7) is 3.67. The minimum atomic E-state index is -0.803. The lowest BCUT2D eigenvalue weighted by molar-refractivity contribution is -0.136. The van der Waals surface area contributed by atoms with Crippen LogP contribution in [0.5, 0.6) is 0 Å². The average molecular weight is 461 g/mol. The lowest BCUT2D eigenvalue weighted by Gasteiger charge is -2.42. The van der Waals surface area contributed by atoms with Crippen LogP contribution in [0, 0.1) is 23.5 Å². The molecule has 2 heterocycles. The van der Waals surface area contributed by atoms with Crippen molar-refractivity contribution >= 4 is 11.8 Å². The second-order valence-electron chi connectivity index (χ2n) is 9.38. The first-order valence-electron chi connectivity index (χ1n) is 11.4. The van der Waals surface area contributed by atoms with E-state index in [9.17, 15) is 18.4 Å². The van der Waals surface area contributed by atoms with Gasteiger partial charge in [-0.3, -0.25) is 14.5 Å². The maximum Gasteiger partial charge on any atom is 0.273 e. The molecule has 0 bridgehead atoms. The van der Waals surface area contributed by atoms with Crippen molar-refractivity contribution < 1.29 is 22.9 Å². The Kier molecular flexibility index (Phi) is 6.78. The zero-order valence-corrected chi connectivity index (χ0v) is 19.2. The van der Waals surface area contributed by atoms with Crippen molar-refractivity contribution in [3.05, 3.63) is 41.6 Å². The largest absolute Gasteiger partial charge is 0.355 e. The van der Waals surface area contributed by atoms with Gasteiger partial charge < -0.3 is 14.7 Å². The lowest BCUT2D eigenvalue weighted by Crippen LogP contribution is -2.57. The van der Waals surface area contributed by atoms with Crippen molar-refractivity contribution in [1.29, 1.82) is 0 Å². The summed E-state index contributed by atoms with van der Waals surface area (Å²) in [6, 6.07) is 4.54. The molecule has 4 atom stereocenters. The number of carbonyl (C=O) groups excluding carboxylic acids is 2. The number of nitrogens with zero attached hydrogens (tertiary/aromatic N) is 3. The van der Waals surface area contributed by atoms with E-state index in [1.54, 1.807) is 19.0 Å². The molecule has 1 aliphatic heterocycles. The van der Waals surface area contributed by atoms with Crippen molar-refractivity contribution in [2.24, 2.45) is 11.8 Å². The summed E-state index contributed by atoms with van der Waals surface area (Å²) in [5.74, 6) is -1.75. The third-order valence-corrected chi connectivity index (χ3v) is 6.94. The van der Waals surface area contributed by atoms with Crippen molar-refractivity contribution in [2.45, 2.75) is 44.7 Å². The van der Waals surface area contributed by atoms with Crippen LogP contribution in [0.15, 0.2) is 28.8 Å². The van der Waals surface area contributed by atoms with Gasteiger partial charge in [-0.25, -0.2) is 8.78 Å². The average Bonchev–Trinajstić information content (AvgIpc) is 3.43. The molecule has 33 heavy (non-hydrogen) atoms. The molecular weight excluding hydrogens is 430 g/mol. The van der Waals surface area contributed by atoms with Crippen LogP contribution in [0.2, 0.25) is 0 Å². The van der Waals surface area contributed by atoms with Crippen LogP contribution < -0.4 is 5.32 Å². The highest BCUT2D eigenvalue weighted by molar-refractivity contribution is 5.94. The highest BCUT2D eigenvalue weighted by Crippen LogP contribution is 2.33. The van der Waals surface area contributed by atoms with Crippen molar-refractivity contribution in [2.75, 3.05) is 27.2 Å².